The summed E-state index contributed by atoms with van der Waals surface area (Å²) >= 11 is 0. The molecule has 2 aliphatic heterocycles. The Balaban J connectivity index is 1.61. The Morgan fingerprint density at radius 3 is 2.48 bits per heavy atom. The molecular weight excluding hydrogens is 368 g/mol. The van der Waals surface area contributed by atoms with Crippen molar-refractivity contribution < 1.29 is 14.4 Å². The van der Waals surface area contributed by atoms with E-state index in [1.807, 2.05) is 44.9 Å². The first-order chi connectivity index (χ1) is 13.6. The van der Waals surface area contributed by atoms with Crippen molar-refractivity contribution in [3.8, 4) is 0 Å². The van der Waals surface area contributed by atoms with Gasteiger partial charge in [0.15, 0.2) is 5.78 Å². The van der Waals surface area contributed by atoms with E-state index in [1.54, 1.807) is 0 Å². The third-order valence-electron chi connectivity index (χ3n) is 5.86. The Morgan fingerprint density at radius 2 is 1.86 bits per heavy atom. The van der Waals surface area contributed by atoms with Crippen LogP contribution in [0.25, 0.3) is 0 Å². The summed E-state index contributed by atoms with van der Waals surface area (Å²) in [5.74, 6) is -0.152. The minimum atomic E-state index is -0.330. The molecule has 1 aromatic carbocycles. The van der Waals surface area contributed by atoms with Crippen LogP contribution in [0, 0.1) is 5.41 Å². The van der Waals surface area contributed by atoms with Gasteiger partial charge in [0.25, 0.3) is 0 Å². The number of likely N-dealkylation sites (N-methyl/N-ethyl adjacent to an activating group) is 1. The van der Waals surface area contributed by atoms with Crippen molar-refractivity contribution >= 4 is 29.0 Å². The third-order valence-corrected chi connectivity index (χ3v) is 5.86. The Morgan fingerprint density at radius 1 is 1.17 bits per heavy atom. The standard InChI is InChI=1S/C22H32N4O3/c1-22(2,3)19(27)15-25-10-12-26(13-11-25)17-7-5-6-16(14-17)24(4)18-8-9-20(28)23-21(18)29/h5-7,14,18H,8-13,15H2,1-4H3,(H,23,28,29). The van der Waals surface area contributed by atoms with Crippen LogP contribution < -0.4 is 15.1 Å². The number of carbonyl (C=O) groups is 3. The van der Waals surface area contributed by atoms with Gasteiger partial charge in [0.2, 0.25) is 11.8 Å². The van der Waals surface area contributed by atoms with Gasteiger partial charge in [-0.05, 0) is 24.6 Å². The molecule has 3 rings (SSSR count). The summed E-state index contributed by atoms with van der Waals surface area (Å²) in [6, 6.07) is 7.84. The second-order valence-corrected chi connectivity index (χ2v) is 9.03. The molecule has 0 spiro atoms. The lowest BCUT2D eigenvalue weighted by Crippen LogP contribution is -2.51. The van der Waals surface area contributed by atoms with E-state index in [0.717, 1.165) is 37.6 Å². The smallest absolute Gasteiger partial charge is 0.249 e. The molecule has 2 saturated heterocycles. The van der Waals surface area contributed by atoms with Gasteiger partial charge < -0.3 is 9.80 Å². The van der Waals surface area contributed by atoms with Crippen LogP contribution in [0.3, 0.4) is 0 Å². The molecular formula is C22H32N4O3. The number of hydrogen-bond acceptors (Lipinski definition) is 6. The summed E-state index contributed by atoms with van der Waals surface area (Å²) in [5, 5.41) is 2.43. The maximum Gasteiger partial charge on any atom is 0.249 e. The second kappa shape index (κ2) is 8.53. The van der Waals surface area contributed by atoms with Gasteiger partial charge in [-0.3, -0.25) is 24.6 Å². The molecule has 7 nitrogen and oxygen atoms in total. The van der Waals surface area contributed by atoms with Crippen LogP contribution in [-0.4, -0.2) is 68.3 Å². The lowest BCUT2D eigenvalue weighted by molar-refractivity contribution is -0.134. The fourth-order valence-corrected chi connectivity index (χ4v) is 3.75. The zero-order chi connectivity index (χ0) is 21.2. The Bertz CT molecular complexity index is 779. The molecule has 0 radical (unpaired) electrons. The van der Waals surface area contributed by atoms with E-state index in [2.05, 4.69) is 27.2 Å². The highest BCUT2D eigenvalue weighted by Gasteiger charge is 2.30. The van der Waals surface area contributed by atoms with Gasteiger partial charge in [-0.15, -0.1) is 0 Å². The zero-order valence-electron chi connectivity index (χ0n) is 17.9. The van der Waals surface area contributed by atoms with Crippen LogP contribution in [0.4, 0.5) is 11.4 Å². The SMILES string of the molecule is CN(c1cccc(N2CCN(CC(=O)C(C)(C)C)CC2)c1)C1CCC(=O)NC1=O. The molecule has 1 unspecified atom stereocenters. The molecule has 0 aliphatic carbocycles. The van der Waals surface area contributed by atoms with Gasteiger partial charge >= 0.3 is 0 Å². The molecule has 1 atom stereocenters. The van der Waals surface area contributed by atoms with Gasteiger partial charge in [0.05, 0.1) is 6.54 Å². The van der Waals surface area contributed by atoms with Crippen LogP contribution in [-0.2, 0) is 14.4 Å². The number of nitrogens with one attached hydrogen (secondary N) is 1. The predicted molar refractivity (Wildman–Crippen MR) is 114 cm³/mol. The molecule has 2 fully saturated rings. The van der Waals surface area contributed by atoms with E-state index in [9.17, 15) is 14.4 Å². The van der Waals surface area contributed by atoms with Gasteiger partial charge in [-0.25, -0.2) is 0 Å². The fraction of sp³-hybridized carbons (Fsp3) is 0.591. The van der Waals surface area contributed by atoms with Crippen molar-refractivity contribution in [2.45, 2.75) is 39.7 Å². The monoisotopic (exact) mass is 400 g/mol. The number of Topliss-reactive ketones (excluding diaryl/α,β-unsaturated/α-hetero) is 1. The molecule has 29 heavy (non-hydrogen) atoms. The summed E-state index contributed by atoms with van der Waals surface area (Å²) in [5.41, 5.74) is 1.78. The number of ketones is 1. The number of benzene rings is 1. The average Bonchev–Trinajstić information content (AvgIpc) is 2.67. The fourth-order valence-electron chi connectivity index (χ4n) is 3.75. The first-order valence-electron chi connectivity index (χ1n) is 10.3. The molecule has 0 saturated carbocycles. The molecule has 1 aromatic rings. The van der Waals surface area contributed by atoms with Gasteiger partial charge in [-0.2, -0.15) is 0 Å². The van der Waals surface area contributed by atoms with E-state index in [-0.39, 0.29) is 29.1 Å². The van der Waals surface area contributed by atoms with E-state index in [1.165, 1.54) is 0 Å². The quantitative estimate of drug-likeness (QED) is 0.758. The average molecular weight is 401 g/mol. The summed E-state index contributed by atoms with van der Waals surface area (Å²) in [7, 11) is 1.90. The van der Waals surface area contributed by atoms with Crippen molar-refractivity contribution in [1.82, 2.24) is 10.2 Å². The van der Waals surface area contributed by atoms with E-state index in [4.69, 9.17) is 0 Å². The van der Waals surface area contributed by atoms with Crippen molar-refractivity contribution in [1.29, 1.82) is 0 Å². The first-order valence-corrected chi connectivity index (χ1v) is 10.3. The molecule has 0 bridgehead atoms. The minimum Gasteiger partial charge on any atom is -0.369 e. The topological polar surface area (TPSA) is 73.0 Å². The lowest BCUT2D eigenvalue weighted by atomic mass is 9.90. The molecule has 7 heteroatoms. The second-order valence-electron chi connectivity index (χ2n) is 9.03. The van der Waals surface area contributed by atoms with Crippen LogP contribution in [0.5, 0.6) is 0 Å². The van der Waals surface area contributed by atoms with Crippen LogP contribution >= 0.6 is 0 Å². The predicted octanol–water partition coefficient (Wildman–Crippen LogP) is 1.67. The van der Waals surface area contributed by atoms with Crippen molar-refractivity contribution in [2.75, 3.05) is 49.6 Å². The van der Waals surface area contributed by atoms with Crippen LogP contribution in [0.15, 0.2) is 24.3 Å². The van der Waals surface area contributed by atoms with Crippen molar-refractivity contribution in [3.05, 3.63) is 24.3 Å². The molecule has 2 aliphatic rings. The number of piperazine rings is 1. The van der Waals surface area contributed by atoms with E-state index >= 15 is 0 Å². The summed E-state index contributed by atoms with van der Waals surface area (Å²) < 4.78 is 0. The highest BCUT2D eigenvalue weighted by Crippen LogP contribution is 2.26. The van der Waals surface area contributed by atoms with Gasteiger partial charge in [0.1, 0.15) is 6.04 Å². The Kier molecular flexibility index (Phi) is 6.27. The minimum absolute atomic E-state index is 0.198. The first kappa shape index (κ1) is 21.3. The number of rotatable bonds is 5. The zero-order valence-corrected chi connectivity index (χ0v) is 17.9. The number of amides is 2. The van der Waals surface area contributed by atoms with Gasteiger partial charge in [0, 0.05) is 56.4 Å². The molecule has 158 valence electrons. The molecule has 0 aromatic heterocycles. The number of nitrogens with zero attached hydrogens (tertiary/aromatic N) is 3. The number of imide groups is 1. The van der Waals surface area contributed by atoms with Crippen LogP contribution in [0.1, 0.15) is 33.6 Å². The molecule has 1 N–H and O–H groups in total. The van der Waals surface area contributed by atoms with Crippen molar-refractivity contribution in [3.63, 3.8) is 0 Å². The highest BCUT2D eigenvalue weighted by molar-refractivity contribution is 6.01. The molecule has 2 heterocycles. The third kappa shape index (κ3) is 5.15. The highest BCUT2D eigenvalue weighted by atomic mass is 16.2. The summed E-state index contributed by atoms with van der Waals surface area (Å²) in [6.45, 7) is 9.86. The lowest BCUT2D eigenvalue weighted by Gasteiger charge is -2.37. The van der Waals surface area contributed by atoms with E-state index < -0.39 is 0 Å². The summed E-state index contributed by atoms with van der Waals surface area (Å²) in [4.78, 5) is 42.4. The Hall–Kier alpha value is -2.41. The number of anilines is 2. The normalized spacial score (nSPS) is 21.1. The maximum absolute atomic E-state index is 12.3. The maximum atomic E-state index is 12.3. The molecule has 2 amide bonds. The van der Waals surface area contributed by atoms with Gasteiger partial charge in [-0.1, -0.05) is 26.8 Å². The largest absolute Gasteiger partial charge is 0.369 e. The van der Waals surface area contributed by atoms with Crippen molar-refractivity contribution in [2.24, 2.45) is 5.41 Å². The van der Waals surface area contributed by atoms with E-state index in [0.29, 0.717) is 19.4 Å². The number of piperidine rings is 1. The number of hydrogen-bond donors (Lipinski definition) is 1. The summed E-state index contributed by atoms with van der Waals surface area (Å²) in [6.07, 6.45) is 0.904. The number of carbonyl (C=O) groups excluding carboxylic acids is 3. The Labute approximate surface area is 173 Å². The van der Waals surface area contributed by atoms with Crippen LogP contribution in [0.2, 0.25) is 0 Å².